The second-order valence-corrected chi connectivity index (χ2v) is 11.9. The van der Waals surface area contributed by atoms with E-state index >= 15 is 0 Å². The van der Waals surface area contributed by atoms with Gasteiger partial charge in [0.1, 0.15) is 0 Å². The summed E-state index contributed by atoms with van der Waals surface area (Å²) in [7, 11) is -3.62. The molecule has 1 aliphatic carbocycles. The maximum Gasteiger partial charge on any atom is 0.257 e. The zero-order chi connectivity index (χ0) is 26.6. The van der Waals surface area contributed by atoms with Crippen LogP contribution in [-0.4, -0.2) is 84.2 Å². The van der Waals surface area contributed by atoms with Crippen molar-refractivity contribution in [3.05, 3.63) is 36.2 Å². The summed E-state index contributed by atoms with van der Waals surface area (Å²) in [5.41, 5.74) is 0.712. The van der Waals surface area contributed by atoms with Crippen molar-refractivity contribution >= 4 is 21.7 Å². The van der Waals surface area contributed by atoms with Gasteiger partial charge >= 0.3 is 0 Å². The Morgan fingerprint density at radius 2 is 1.86 bits per heavy atom. The highest BCUT2D eigenvalue weighted by molar-refractivity contribution is 7.91. The quantitative estimate of drug-likeness (QED) is 0.435. The lowest BCUT2D eigenvalue weighted by atomic mass is 9.94. The Hall–Kier alpha value is -2.83. The number of carbonyl (C=O) groups excluding carboxylic acids is 2. The van der Waals surface area contributed by atoms with Gasteiger partial charge in [0.2, 0.25) is 17.6 Å². The van der Waals surface area contributed by atoms with Crippen molar-refractivity contribution in [1.82, 2.24) is 20.4 Å². The Bertz CT molecular complexity index is 1180. The van der Waals surface area contributed by atoms with Crippen molar-refractivity contribution in [1.29, 1.82) is 0 Å². The summed E-state index contributed by atoms with van der Waals surface area (Å²) >= 11 is 0. The van der Waals surface area contributed by atoms with Crippen LogP contribution in [0.3, 0.4) is 0 Å². The van der Waals surface area contributed by atoms with E-state index in [0.29, 0.717) is 57.0 Å². The van der Waals surface area contributed by atoms with Gasteiger partial charge in [-0.2, -0.15) is 4.98 Å². The summed E-state index contributed by atoms with van der Waals surface area (Å²) in [6, 6.07) is 8.30. The predicted molar refractivity (Wildman–Crippen MR) is 134 cm³/mol. The Labute approximate surface area is 216 Å². The molecule has 0 bridgehead atoms. The lowest BCUT2D eigenvalue weighted by Crippen LogP contribution is -2.50. The van der Waals surface area contributed by atoms with Gasteiger partial charge in [0, 0.05) is 31.3 Å². The molecular formula is C25H34N4O7S. The number of rotatable bonds is 11. The molecule has 4 rings (SSSR count). The predicted octanol–water partition coefficient (Wildman–Crippen LogP) is 1.35. The highest BCUT2D eigenvalue weighted by atomic mass is 32.2. The minimum absolute atomic E-state index is 0.0613. The molecule has 2 N–H and O–H groups in total. The number of morpholine rings is 1. The van der Waals surface area contributed by atoms with Gasteiger partial charge in [-0.15, -0.1) is 0 Å². The lowest BCUT2D eigenvalue weighted by molar-refractivity contribution is -0.140. The molecule has 2 heterocycles. The number of carbonyl (C=O) groups is 2. The largest absolute Gasteiger partial charge is 0.381 e. The van der Waals surface area contributed by atoms with Crippen molar-refractivity contribution in [2.45, 2.75) is 50.0 Å². The van der Waals surface area contributed by atoms with Crippen LogP contribution >= 0.6 is 0 Å². The molecule has 0 spiro atoms. The fourth-order valence-electron chi connectivity index (χ4n) is 4.82. The van der Waals surface area contributed by atoms with E-state index in [1.165, 1.54) is 0 Å². The van der Waals surface area contributed by atoms with Crippen LogP contribution in [0.1, 0.15) is 44.6 Å². The molecule has 1 saturated heterocycles. The second-order valence-electron chi connectivity index (χ2n) is 9.73. The van der Waals surface area contributed by atoms with Gasteiger partial charge in [-0.1, -0.05) is 42.4 Å². The number of amides is 2. The molecule has 1 aliphatic heterocycles. The molecule has 0 radical (unpaired) electrons. The minimum Gasteiger partial charge on any atom is -0.381 e. The first kappa shape index (κ1) is 27.2. The highest BCUT2D eigenvalue weighted by Gasteiger charge is 2.47. The molecule has 2 aliphatic rings. The van der Waals surface area contributed by atoms with Gasteiger partial charge in [-0.05, 0) is 25.2 Å². The van der Waals surface area contributed by atoms with Crippen LogP contribution in [0.2, 0.25) is 0 Å². The van der Waals surface area contributed by atoms with Gasteiger partial charge < -0.3 is 24.6 Å². The van der Waals surface area contributed by atoms with E-state index in [4.69, 9.17) is 9.26 Å². The topological polar surface area (TPSA) is 152 Å². The van der Waals surface area contributed by atoms with Gasteiger partial charge in [0.05, 0.1) is 30.4 Å². The molecular weight excluding hydrogens is 500 g/mol. The molecule has 4 atom stereocenters. The first-order valence-electron chi connectivity index (χ1n) is 12.6. The number of benzene rings is 1. The standard InChI is InChI=1S/C25H34N4O7S/c1-3-19(21(31)25-27-23(28-36-25)17-7-5-4-6-8-17)26-24(32)18(22(16-9-10-16)37(2,33)34)15-20(30)29-11-13-35-14-12-29/h4-8,16,18-19,21-22,31H,3,9-15H2,1-2H3,(H,26,32)/t18?,19-,21+,22?/m0/s1. The van der Waals surface area contributed by atoms with Crippen LogP contribution in [0, 0.1) is 11.8 Å². The first-order chi connectivity index (χ1) is 17.7. The van der Waals surface area contributed by atoms with E-state index in [-0.39, 0.29) is 24.1 Å². The SMILES string of the molecule is CC[C@H](NC(=O)C(CC(=O)N1CCOCC1)C(C1CC1)S(C)(=O)=O)[C@@H](O)c1nc(-c2ccccc2)no1. The highest BCUT2D eigenvalue weighted by Crippen LogP contribution is 2.41. The summed E-state index contributed by atoms with van der Waals surface area (Å²) in [6.45, 7) is 3.38. The van der Waals surface area contributed by atoms with E-state index in [0.717, 1.165) is 6.26 Å². The molecule has 2 unspecified atom stereocenters. The molecule has 37 heavy (non-hydrogen) atoms. The normalized spacial score (nSPS) is 19.6. The molecule has 1 aromatic carbocycles. The van der Waals surface area contributed by atoms with Crippen LogP contribution in [0.15, 0.2) is 34.9 Å². The van der Waals surface area contributed by atoms with E-state index in [1.54, 1.807) is 24.0 Å². The number of nitrogens with zero attached hydrogens (tertiary/aromatic N) is 3. The zero-order valence-electron chi connectivity index (χ0n) is 21.1. The Kier molecular flexibility index (Phi) is 8.60. The number of sulfone groups is 1. The molecule has 1 saturated carbocycles. The fraction of sp³-hybridized carbons (Fsp3) is 0.600. The van der Waals surface area contributed by atoms with Crippen LogP contribution < -0.4 is 5.32 Å². The van der Waals surface area contributed by atoms with Gasteiger partial charge in [0.15, 0.2) is 15.9 Å². The monoisotopic (exact) mass is 534 g/mol. The number of aliphatic hydroxyl groups is 1. The molecule has 11 nitrogen and oxygen atoms in total. The van der Waals surface area contributed by atoms with Gasteiger partial charge in [0.25, 0.3) is 5.89 Å². The summed E-state index contributed by atoms with van der Waals surface area (Å²) < 4.78 is 36.1. The first-order valence-corrected chi connectivity index (χ1v) is 14.6. The Morgan fingerprint density at radius 3 is 2.46 bits per heavy atom. The number of hydrogen-bond donors (Lipinski definition) is 2. The zero-order valence-corrected chi connectivity index (χ0v) is 21.9. The third-order valence-electron chi connectivity index (χ3n) is 6.95. The van der Waals surface area contributed by atoms with Crippen molar-refractivity contribution in [2.75, 3.05) is 32.6 Å². The number of nitrogens with one attached hydrogen (secondary N) is 1. The smallest absolute Gasteiger partial charge is 0.257 e. The van der Waals surface area contributed by atoms with Crippen molar-refractivity contribution in [3.8, 4) is 11.4 Å². The lowest BCUT2D eigenvalue weighted by Gasteiger charge is -2.31. The van der Waals surface area contributed by atoms with Crippen molar-refractivity contribution in [2.24, 2.45) is 11.8 Å². The average molecular weight is 535 g/mol. The molecule has 12 heteroatoms. The van der Waals surface area contributed by atoms with E-state index in [9.17, 15) is 23.1 Å². The van der Waals surface area contributed by atoms with E-state index in [1.807, 2.05) is 18.2 Å². The second kappa shape index (κ2) is 11.7. The molecule has 202 valence electrons. The molecule has 1 aromatic heterocycles. The number of hydrogen-bond acceptors (Lipinski definition) is 9. The molecule has 2 aromatic rings. The van der Waals surface area contributed by atoms with Crippen LogP contribution in [0.5, 0.6) is 0 Å². The van der Waals surface area contributed by atoms with Crippen LogP contribution in [-0.2, 0) is 24.2 Å². The average Bonchev–Trinajstić information content (AvgIpc) is 3.59. The third-order valence-corrected chi connectivity index (χ3v) is 8.65. The molecule has 2 amide bonds. The van der Waals surface area contributed by atoms with Gasteiger partial charge in [-0.3, -0.25) is 9.59 Å². The summed E-state index contributed by atoms with van der Waals surface area (Å²) in [5, 5.41) is 16.7. The number of ether oxygens (including phenoxy) is 1. The minimum atomic E-state index is -3.62. The summed E-state index contributed by atoms with van der Waals surface area (Å²) in [5.74, 6) is -1.88. The van der Waals surface area contributed by atoms with Crippen LogP contribution in [0.25, 0.3) is 11.4 Å². The number of aromatic nitrogens is 2. The summed E-state index contributed by atoms with van der Waals surface area (Å²) in [6.07, 6.45) is 1.27. The van der Waals surface area contributed by atoms with E-state index < -0.39 is 39.1 Å². The molecule has 2 fully saturated rings. The summed E-state index contributed by atoms with van der Waals surface area (Å²) in [4.78, 5) is 32.5. The Morgan fingerprint density at radius 1 is 1.19 bits per heavy atom. The van der Waals surface area contributed by atoms with Crippen molar-refractivity contribution < 1.29 is 32.4 Å². The number of aliphatic hydroxyl groups excluding tert-OH is 1. The maximum atomic E-state index is 13.6. The Balaban J connectivity index is 1.52. The maximum absolute atomic E-state index is 13.6. The van der Waals surface area contributed by atoms with Crippen molar-refractivity contribution in [3.63, 3.8) is 0 Å². The van der Waals surface area contributed by atoms with Crippen LogP contribution in [0.4, 0.5) is 0 Å². The van der Waals surface area contributed by atoms with E-state index in [2.05, 4.69) is 15.5 Å². The fourth-order valence-corrected chi connectivity index (χ4v) is 6.60. The third kappa shape index (κ3) is 6.74. The van der Waals surface area contributed by atoms with Gasteiger partial charge in [-0.25, -0.2) is 8.42 Å².